The molecule has 50 valence electrons. The molecular weight excluding hydrogens is 112 g/mol. The van der Waals surface area contributed by atoms with Crippen LogP contribution in [-0.4, -0.2) is 0 Å². The van der Waals surface area contributed by atoms with E-state index in [1.165, 1.54) is 16.8 Å². The Morgan fingerprint density at radius 3 is 2.33 bits per heavy atom. The van der Waals surface area contributed by atoms with Crippen molar-refractivity contribution in [1.29, 1.82) is 0 Å². The molecule has 0 aromatic carbocycles. The molecule has 2 nitrogen and oxygen atoms in total. The van der Waals surface area contributed by atoms with Crippen molar-refractivity contribution in [2.75, 3.05) is 0 Å². The van der Waals surface area contributed by atoms with E-state index in [1.807, 2.05) is 6.20 Å². The monoisotopic (exact) mass is 124 g/mol. The molecule has 2 N–H and O–H groups in total. The van der Waals surface area contributed by atoms with Gasteiger partial charge in [0.15, 0.2) is 0 Å². The molecule has 0 saturated heterocycles. The molecule has 0 fully saturated rings. The number of hydrogen-bond donors (Lipinski definition) is 2. The SMILES string of the molecule is CC1=CNNC(C)=C1C. The van der Waals surface area contributed by atoms with E-state index >= 15 is 0 Å². The average Bonchev–Trinajstić information content (AvgIpc) is 1.83. The summed E-state index contributed by atoms with van der Waals surface area (Å²) in [5.41, 5.74) is 9.79. The average molecular weight is 124 g/mol. The van der Waals surface area contributed by atoms with Crippen LogP contribution in [-0.2, 0) is 0 Å². The summed E-state index contributed by atoms with van der Waals surface area (Å²) >= 11 is 0. The summed E-state index contributed by atoms with van der Waals surface area (Å²) in [5.74, 6) is 0. The fourth-order valence-electron chi connectivity index (χ4n) is 0.750. The first-order chi connectivity index (χ1) is 4.22. The van der Waals surface area contributed by atoms with Crippen LogP contribution in [0.3, 0.4) is 0 Å². The Labute approximate surface area is 55.6 Å². The molecule has 0 radical (unpaired) electrons. The zero-order chi connectivity index (χ0) is 6.85. The van der Waals surface area contributed by atoms with Crippen LogP contribution >= 0.6 is 0 Å². The molecule has 9 heavy (non-hydrogen) atoms. The van der Waals surface area contributed by atoms with Gasteiger partial charge in [0.1, 0.15) is 0 Å². The first-order valence-corrected chi connectivity index (χ1v) is 3.08. The lowest BCUT2D eigenvalue weighted by molar-refractivity contribution is 0.698. The highest BCUT2D eigenvalue weighted by Gasteiger charge is 2.01. The van der Waals surface area contributed by atoms with Gasteiger partial charge in [-0.05, 0) is 31.9 Å². The lowest BCUT2D eigenvalue weighted by atomic mass is 10.1. The van der Waals surface area contributed by atoms with Crippen molar-refractivity contribution >= 4 is 0 Å². The predicted molar refractivity (Wildman–Crippen MR) is 38.4 cm³/mol. The van der Waals surface area contributed by atoms with E-state index in [-0.39, 0.29) is 0 Å². The molecule has 0 atom stereocenters. The highest BCUT2D eigenvalue weighted by molar-refractivity contribution is 5.32. The summed E-state index contributed by atoms with van der Waals surface area (Å²) in [6.45, 7) is 6.25. The van der Waals surface area contributed by atoms with Gasteiger partial charge in [-0.25, -0.2) is 0 Å². The van der Waals surface area contributed by atoms with Crippen LogP contribution in [0.4, 0.5) is 0 Å². The smallest absolute Gasteiger partial charge is 0.0315 e. The molecule has 0 spiro atoms. The maximum atomic E-state index is 3.02. The molecule has 2 heteroatoms. The van der Waals surface area contributed by atoms with E-state index in [0.29, 0.717) is 0 Å². The van der Waals surface area contributed by atoms with Gasteiger partial charge in [0.2, 0.25) is 0 Å². The molecule has 1 aliphatic rings. The summed E-state index contributed by atoms with van der Waals surface area (Å²) < 4.78 is 0. The topological polar surface area (TPSA) is 24.1 Å². The first kappa shape index (κ1) is 6.20. The summed E-state index contributed by atoms with van der Waals surface area (Å²) in [7, 11) is 0. The van der Waals surface area contributed by atoms with Crippen molar-refractivity contribution in [3.63, 3.8) is 0 Å². The number of hydrogen-bond acceptors (Lipinski definition) is 2. The maximum absolute atomic E-state index is 3.02. The van der Waals surface area contributed by atoms with E-state index in [1.54, 1.807) is 0 Å². The molecule has 0 amide bonds. The van der Waals surface area contributed by atoms with Gasteiger partial charge in [-0.2, -0.15) is 0 Å². The standard InChI is InChI=1S/C7H12N2/c1-5-4-8-9-7(3)6(5)2/h4,8-9H,1-3H3. The molecule has 0 aliphatic carbocycles. The molecule has 0 unspecified atom stereocenters. The van der Waals surface area contributed by atoms with Crippen LogP contribution in [0.5, 0.6) is 0 Å². The zero-order valence-corrected chi connectivity index (χ0v) is 6.08. The zero-order valence-electron chi connectivity index (χ0n) is 6.08. The second-order valence-corrected chi connectivity index (χ2v) is 2.35. The van der Waals surface area contributed by atoms with Crippen molar-refractivity contribution in [2.24, 2.45) is 0 Å². The third-order valence-electron chi connectivity index (χ3n) is 1.70. The Morgan fingerprint density at radius 1 is 1.22 bits per heavy atom. The van der Waals surface area contributed by atoms with E-state index in [4.69, 9.17) is 0 Å². The Morgan fingerprint density at radius 2 is 1.89 bits per heavy atom. The minimum atomic E-state index is 1.20. The van der Waals surface area contributed by atoms with Gasteiger partial charge in [-0.15, -0.1) is 0 Å². The van der Waals surface area contributed by atoms with Crippen LogP contribution < -0.4 is 10.9 Å². The second-order valence-electron chi connectivity index (χ2n) is 2.35. The van der Waals surface area contributed by atoms with Crippen molar-refractivity contribution < 1.29 is 0 Å². The highest BCUT2D eigenvalue weighted by Crippen LogP contribution is 2.12. The molecule has 0 bridgehead atoms. The molecule has 1 rings (SSSR count). The van der Waals surface area contributed by atoms with E-state index in [0.717, 1.165) is 0 Å². The second kappa shape index (κ2) is 2.13. The fraction of sp³-hybridized carbons (Fsp3) is 0.429. The molecular formula is C7H12N2. The van der Waals surface area contributed by atoms with E-state index in [9.17, 15) is 0 Å². The number of allylic oxidation sites excluding steroid dienone is 3. The van der Waals surface area contributed by atoms with Gasteiger partial charge >= 0.3 is 0 Å². The Hall–Kier alpha value is -0.920. The van der Waals surface area contributed by atoms with Crippen LogP contribution in [0.1, 0.15) is 20.8 Å². The van der Waals surface area contributed by atoms with E-state index < -0.39 is 0 Å². The van der Waals surface area contributed by atoms with Gasteiger partial charge in [-0.1, -0.05) is 0 Å². The molecule has 0 aromatic heterocycles. The molecule has 1 aliphatic heterocycles. The van der Waals surface area contributed by atoms with Crippen LogP contribution in [0.15, 0.2) is 23.0 Å². The largest absolute Gasteiger partial charge is 0.308 e. The lowest BCUT2D eigenvalue weighted by Gasteiger charge is -2.16. The minimum absolute atomic E-state index is 1.20. The molecule has 0 aromatic rings. The first-order valence-electron chi connectivity index (χ1n) is 3.08. The summed E-state index contributed by atoms with van der Waals surface area (Å²) in [5, 5.41) is 0. The molecule has 0 saturated carbocycles. The fourth-order valence-corrected chi connectivity index (χ4v) is 0.750. The Balaban J connectivity index is 2.88. The van der Waals surface area contributed by atoms with Crippen molar-refractivity contribution in [1.82, 2.24) is 10.9 Å². The van der Waals surface area contributed by atoms with E-state index in [2.05, 4.69) is 31.6 Å². The third-order valence-corrected chi connectivity index (χ3v) is 1.70. The Bertz CT molecular complexity index is 177. The van der Waals surface area contributed by atoms with Crippen LogP contribution in [0.2, 0.25) is 0 Å². The van der Waals surface area contributed by atoms with Gasteiger partial charge in [0, 0.05) is 11.9 Å². The minimum Gasteiger partial charge on any atom is -0.308 e. The third kappa shape index (κ3) is 1.07. The van der Waals surface area contributed by atoms with Crippen molar-refractivity contribution in [3.05, 3.63) is 23.0 Å². The molecule has 1 heterocycles. The number of hydrazine groups is 1. The predicted octanol–water partition coefficient (Wildman–Crippen LogP) is 1.29. The van der Waals surface area contributed by atoms with Gasteiger partial charge < -0.3 is 10.9 Å². The quantitative estimate of drug-likeness (QED) is 0.508. The summed E-state index contributed by atoms with van der Waals surface area (Å²) in [4.78, 5) is 0. The summed E-state index contributed by atoms with van der Waals surface area (Å²) in [6.07, 6.45) is 1.96. The van der Waals surface area contributed by atoms with Crippen molar-refractivity contribution in [3.8, 4) is 0 Å². The Kier molecular flexibility index (Phi) is 1.47. The number of rotatable bonds is 0. The van der Waals surface area contributed by atoms with Crippen molar-refractivity contribution in [2.45, 2.75) is 20.8 Å². The van der Waals surface area contributed by atoms with Crippen LogP contribution in [0, 0.1) is 0 Å². The maximum Gasteiger partial charge on any atom is 0.0315 e. The van der Waals surface area contributed by atoms with Gasteiger partial charge in [-0.3, -0.25) is 0 Å². The normalized spacial score (nSPS) is 18.3. The van der Waals surface area contributed by atoms with Crippen LogP contribution in [0.25, 0.3) is 0 Å². The van der Waals surface area contributed by atoms with Gasteiger partial charge in [0.25, 0.3) is 0 Å². The lowest BCUT2D eigenvalue weighted by Crippen LogP contribution is -2.29. The summed E-state index contributed by atoms with van der Waals surface area (Å²) in [6, 6.07) is 0. The van der Waals surface area contributed by atoms with Gasteiger partial charge in [0.05, 0.1) is 0 Å². The highest BCUT2D eigenvalue weighted by atomic mass is 15.3. The number of nitrogens with one attached hydrogen (secondary N) is 2.